The van der Waals surface area contributed by atoms with Crippen LogP contribution in [-0.2, 0) is 13.6 Å². The van der Waals surface area contributed by atoms with Crippen LogP contribution in [0.5, 0.6) is 0 Å². The summed E-state index contributed by atoms with van der Waals surface area (Å²) in [6.45, 7) is 4.17. The standard InChI is InChI=1S/C18H18FN7/c1-11-16-17(24-25(11)3)18(22-12(2)21-16)23-14-8-20-26(10-14)9-13-6-4-5-7-15(13)19/h4-8,10H,9H2,1-3H3,(H,21,22,23). The van der Waals surface area contributed by atoms with Gasteiger partial charge in [-0.05, 0) is 19.9 Å². The monoisotopic (exact) mass is 351 g/mol. The molecule has 0 saturated carbocycles. The van der Waals surface area contributed by atoms with Crippen molar-refractivity contribution in [2.75, 3.05) is 5.32 Å². The van der Waals surface area contributed by atoms with Crippen LogP contribution in [0.15, 0.2) is 36.7 Å². The lowest BCUT2D eigenvalue weighted by Crippen LogP contribution is -2.02. The van der Waals surface area contributed by atoms with Gasteiger partial charge in [0.05, 0.1) is 24.1 Å². The molecule has 1 aromatic carbocycles. The van der Waals surface area contributed by atoms with Crippen LogP contribution < -0.4 is 5.32 Å². The number of anilines is 2. The van der Waals surface area contributed by atoms with Crippen molar-refractivity contribution in [1.82, 2.24) is 29.5 Å². The first-order valence-electron chi connectivity index (χ1n) is 8.22. The fraction of sp³-hybridized carbons (Fsp3) is 0.222. The van der Waals surface area contributed by atoms with Crippen molar-refractivity contribution in [3.63, 3.8) is 0 Å². The fourth-order valence-corrected chi connectivity index (χ4v) is 2.83. The normalized spacial score (nSPS) is 11.2. The molecular formula is C18H18FN7. The van der Waals surface area contributed by atoms with Gasteiger partial charge in [0.15, 0.2) is 11.3 Å². The molecule has 4 aromatic rings. The Morgan fingerprint density at radius 3 is 2.73 bits per heavy atom. The zero-order chi connectivity index (χ0) is 18.3. The van der Waals surface area contributed by atoms with Gasteiger partial charge in [0.1, 0.15) is 17.2 Å². The van der Waals surface area contributed by atoms with E-state index in [1.807, 2.05) is 33.2 Å². The summed E-state index contributed by atoms with van der Waals surface area (Å²) in [5, 5.41) is 12.0. The number of nitrogens with one attached hydrogen (secondary N) is 1. The van der Waals surface area contributed by atoms with E-state index in [1.54, 1.807) is 27.7 Å². The Labute approximate surface area is 149 Å². The zero-order valence-electron chi connectivity index (χ0n) is 14.7. The van der Waals surface area contributed by atoms with Crippen LogP contribution in [0.1, 0.15) is 17.1 Å². The lowest BCUT2D eigenvalue weighted by atomic mass is 10.2. The Morgan fingerprint density at radius 2 is 1.92 bits per heavy atom. The van der Waals surface area contributed by atoms with Crippen molar-refractivity contribution in [2.45, 2.75) is 20.4 Å². The Bertz CT molecular complexity index is 1100. The molecule has 0 aliphatic carbocycles. The van der Waals surface area contributed by atoms with Crippen molar-refractivity contribution >= 4 is 22.5 Å². The molecule has 0 aliphatic rings. The topological polar surface area (TPSA) is 73.5 Å². The number of hydrogen-bond acceptors (Lipinski definition) is 5. The van der Waals surface area contributed by atoms with Crippen molar-refractivity contribution in [1.29, 1.82) is 0 Å². The van der Waals surface area contributed by atoms with E-state index < -0.39 is 0 Å². The van der Waals surface area contributed by atoms with Gasteiger partial charge >= 0.3 is 0 Å². The second-order valence-electron chi connectivity index (χ2n) is 6.17. The van der Waals surface area contributed by atoms with Crippen molar-refractivity contribution in [2.24, 2.45) is 7.05 Å². The van der Waals surface area contributed by atoms with E-state index in [9.17, 15) is 4.39 Å². The minimum absolute atomic E-state index is 0.241. The van der Waals surface area contributed by atoms with E-state index in [1.165, 1.54) is 6.07 Å². The summed E-state index contributed by atoms with van der Waals surface area (Å²) in [4.78, 5) is 8.94. The molecule has 0 fully saturated rings. The van der Waals surface area contributed by atoms with Crippen LogP contribution in [0, 0.1) is 19.7 Å². The van der Waals surface area contributed by atoms with Crippen molar-refractivity contribution in [3.8, 4) is 0 Å². The quantitative estimate of drug-likeness (QED) is 0.611. The summed E-state index contributed by atoms with van der Waals surface area (Å²) in [5.41, 5.74) is 3.84. The molecule has 0 saturated heterocycles. The van der Waals surface area contributed by atoms with Gasteiger partial charge in [-0.15, -0.1) is 0 Å². The van der Waals surface area contributed by atoms with E-state index in [-0.39, 0.29) is 5.82 Å². The smallest absolute Gasteiger partial charge is 0.162 e. The molecule has 26 heavy (non-hydrogen) atoms. The summed E-state index contributed by atoms with van der Waals surface area (Å²) in [5.74, 6) is 1.05. The zero-order valence-corrected chi connectivity index (χ0v) is 14.7. The maximum absolute atomic E-state index is 13.8. The number of hydrogen-bond donors (Lipinski definition) is 1. The van der Waals surface area contributed by atoms with Gasteiger partial charge in [0.2, 0.25) is 0 Å². The number of benzene rings is 1. The highest BCUT2D eigenvalue weighted by atomic mass is 19.1. The predicted octanol–water partition coefficient (Wildman–Crippen LogP) is 3.11. The van der Waals surface area contributed by atoms with E-state index in [2.05, 4.69) is 25.5 Å². The number of fused-ring (bicyclic) bond motifs is 1. The molecule has 0 atom stereocenters. The molecular weight excluding hydrogens is 333 g/mol. The predicted molar refractivity (Wildman–Crippen MR) is 96.8 cm³/mol. The Kier molecular flexibility index (Phi) is 3.87. The molecule has 0 spiro atoms. The highest BCUT2D eigenvalue weighted by Gasteiger charge is 2.14. The summed E-state index contributed by atoms with van der Waals surface area (Å²) < 4.78 is 17.3. The van der Waals surface area contributed by atoms with E-state index in [4.69, 9.17) is 0 Å². The minimum atomic E-state index is -0.241. The van der Waals surface area contributed by atoms with Crippen LogP contribution in [-0.4, -0.2) is 29.5 Å². The number of nitrogens with zero attached hydrogens (tertiary/aromatic N) is 6. The highest BCUT2D eigenvalue weighted by Crippen LogP contribution is 2.24. The Balaban J connectivity index is 1.63. The molecule has 1 N–H and O–H groups in total. The SMILES string of the molecule is Cc1nc(Nc2cnn(Cc3ccccc3F)c2)c2nn(C)c(C)c2n1. The maximum Gasteiger partial charge on any atom is 0.162 e. The molecule has 0 amide bonds. The molecule has 3 aromatic heterocycles. The van der Waals surface area contributed by atoms with E-state index in [0.29, 0.717) is 29.3 Å². The fourth-order valence-electron chi connectivity index (χ4n) is 2.83. The van der Waals surface area contributed by atoms with Crippen LogP contribution in [0.3, 0.4) is 0 Å². The van der Waals surface area contributed by atoms with Crippen LogP contribution >= 0.6 is 0 Å². The molecule has 0 aliphatic heterocycles. The van der Waals surface area contributed by atoms with Gasteiger partial charge in [-0.1, -0.05) is 18.2 Å². The third-order valence-electron chi connectivity index (χ3n) is 4.26. The van der Waals surface area contributed by atoms with Crippen molar-refractivity contribution < 1.29 is 4.39 Å². The Hall–Kier alpha value is -3.29. The van der Waals surface area contributed by atoms with E-state index >= 15 is 0 Å². The third-order valence-corrected chi connectivity index (χ3v) is 4.26. The summed E-state index contributed by atoms with van der Waals surface area (Å²) in [6, 6.07) is 6.68. The largest absolute Gasteiger partial charge is 0.336 e. The number of aryl methyl sites for hydroxylation is 3. The first kappa shape index (κ1) is 16.2. The van der Waals surface area contributed by atoms with Gasteiger partial charge in [-0.3, -0.25) is 9.36 Å². The highest BCUT2D eigenvalue weighted by molar-refractivity contribution is 5.88. The molecule has 0 bridgehead atoms. The van der Waals surface area contributed by atoms with Gasteiger partial charge in [0, 0.05) is 18.8 Å². The second-order valence-corrected chi connectivity index (χ2v) is 6.17. The van der Waals surface area contributed by atoms with Gasteiger partial charge in [-0.25, -0.2) is 14.4 Å². The average molecular weight is 351 g/mol. The number of rotatable bonds is 4. The van der Waals surface area contributed by atoms with Crippen LogP contribution in [0.2, 0.25) is 0 Å². The van der Waals surface area contributed by atoms with Gasteiger partial charge in [0.25, 0.3) is 0 Å². The van der Waals surface area contributed by atoms with Gasteiger partial charge in [-0.2, -0.15) is 10.2 Å². The first-order valence-corrected chi connectivity index (χ1v) is 8.22. The molecule has 8 heteroatoms. The van der Waals surface area contributed by atoms with Crippen molar-refractivity contribution in [3.05, 3.63) is 59.6 Å². The summed E-state index contributed by atoms with van der Waals surface area (Å²) in [7, 11) is 1.88. The molecule has 132 valence electrons. The van der Waals surface area contributed by atoms with Gasteiger partial charge < -0.3 is 5.32 Å². The maximum atomic E-state index is 13.8. The summed E-state index contributed by atoms with van der Waals surface area (Å²) >= 11 is 0. The average Bonchev–Trinajstić information content (AvgIpc) is 3.16. The third kappa shape index (κ3) is 2.90. The minimum Gasteiger partial charge on any atom is -0.336 e. The molecule has 0 unspecified atom stereocenters. The number of halogens is 1. The Morgan fingerprint density at radius 1 is 1.12 bits per heavy atom. The lowest BCUT2D eigenvalue weighted by Gasteiger charge is -2.05. The van der Waals surface area contributed by atoms with Crippen LogP contribution in [0.4, 0.5) is 15.9 Å². The molecule has 3 heterocycles. The number of aromatic nitrogens is 6. The molecule has 0 radical (unpaired) electrons. The lowest BCUT2D eigenvalue weighted by molar-refractivity contribution is 0.585. The van der Waals surface area contributed by atoms with Crippen LogP contribution in [0.25, 0.3) is 11.0 Å². The first-order chi connectivity index (χ1) is 12.5. The van der Waals surface area contributed by atoms with E-state index in [0.717, 1.165) is 16.9 Å². The molecule has 4 rings (SSSR count). The summed E-state index contributed by atoms with van der Waals surface area (Å²) in [6.07, 6.45) is 3.49. The second kappa shape index (κ2) is 6.21. The molecule has 7 nitrogen and oxygen atoms in total.